The van der Waals surface area contributed by atoms with E-state index < -0.39 is 0 Å². The van der Waals surface area contributed by atoms with E-state index in [-0.39, 0.29) is 11.5 Å². The third-order valence-electron chi connectivity index (χ3n) is 4.29. The van der Waals surface area contributed by atoms with Crippen LogP contribution in [0.4, 0.5) is 0 Å². The van der Waals surface area contributed by atoms with Gasteiger partial charge in [0.1, 0.15) is 0 Å². The summed E-state index contributed by atoms with van der Waals surface area (Å²) in [6.07, 6.45) is 19.5. The van der Waals surface area contributed by atoms with Gasteiger partial charge in [0.25, 0.3) is 0 Å². The molecule has 0 spiro atoms. The summed E-state index contributed by atoms with van der Waals surface area (Å²) >= 11 is 0. The van der Waals surface area contributed by atoms with Crippen molar-refractivity contribution in [3.8, 4) is 11.5 Å². The van der Waals surface area contributed by atoms with Crippen LogP contribution in [0.3, 0.4) is 0 Å². The third-order valence-corrected chi connectivity index (χ3v) is 4.29. The van der Waals surface area contributed by atoms with Gasteiger partial charge in [-0.2, -0.15) is 0 Å². The van der Waals surface area contributed by atoms with E-state index in [1.165, 1.54) is 70.3 Å². The van der Waals surface area contributed by atoms with Gasteiger partial charge in [-0.3, -0.25) is 0 Å². The summed E-state index contributed by atoms with van der Waals surface area (Å²) in [7, 11) is 0. The molecule has 0 saturated heterocycles. The minimum atomic E-state index is -0.00737. The van der Waals surface area contributed by atoms with Gasteiger partial charge < -0.3 is 10.2 Å². The van der Waals surface area contributed by atoms with Crippen LogP contribution in [0.15, 0.2) is 30.4 Å². The minimum absolute atomic E-state index is 0.00737. The molecule has 0 atom stereocenters. The number of phenols is 2. The number of unbranched alkanes of at least 4 members (excludes halogenated alkanes) is 9. The van der Waals surface area contributed by atoms with Gasteiger partial charge in [-0.15, -0.1) is 0 Å². The summed E-state index contributed by atoms with van der Waals surface area (Å²) in [5, 5.41) is 19.2. The Kier molecular flexibility index (Phi) is 11.1. The van der Waals surface area contributed by atoms with Gasteiger partial charge in [-0.25, -0.2) is 0 Å². The van der Waals surface area contributed by atoms with Crippen molar-refractivity contribution in [2.45, 2.75) is 84.0 Å². The Hall–Kier alpha value is -1.44. The molecular weight excluding hydrogens is 284 g/mol. The first-order valence-electron chi connectivity index (χ1n) is 9.40. The highest BCUT2D eigenvalue weighted by Crippen LogP contribution is 2.29. The van der Waals surface area contributed by atoms with Crippen molar-refractivity contribution < 1.29 is 10.2 Å². The summed E-state index contributed by atoms with van der Waals surface area (Å²) in [5.41, 5.74) is 0.862. The van der Waals surface area contributed by atoms with E-state index >= 15 is 0 Å². The van der Waals surface area contributed by atoms with E-state index in [0.717, 1.165) is 18.4 Å². The number of phenolic OH excluding ortho intramolecular Hbond substituents is 2. The van der Waals surface area contributed by atoms with E-state index in [1.807, 2.05) is 6.07 Å². The van der Waals surface area contributed by atoms with Crippen LogP contribution >= 0.6 is 0 Å². The normalized spacial score (nSPS) is 11.3. The average molecular weight is 319 g/mol. The first-order valence-corrected chi connectivity index (χ1v) is 9.40. The van der Waals surface area contributed by atoms with Crippen LogP contribution in [0.1, 0.15) is 83.1 Å². The molecule has 1 rings (SSSR count). The van der Waals surface area contributed by atoms with E-state index in [0.29, 0.717) is 0 Å². The largest absolute Gasteiger partial charge is 0.504 e. The third kappa shape index (κ3) is 9.32. The fourth-order valence-electron chi connectivity index (χ4n) is 2.82. The van der Waals surface area contributed by atoms with Crippen molar-refractivity contribution in [2.24, 2.45) is 0 Å². The van der Waals surface area contributed by atoms with Gasteiger partial charge in [0.2, 0.25) is 0 Å². The summed E-state index contributed by atoms with van der Waals surface area (Å²) in [6.45, 7) is 2.22. The van der Waals surface area contributed by atoms with Gasteiger partial charge in [-0.05, 0) is 43.7 Å². The Morgan fingerprint density at radius 2 is 1.39 bits per heavy atom. The molecule has 23 heavy (non-hydrogen) atoms. The smallest absolute Gasteiger partial charge is 0.160 e. The topological polar surface area (TPSA) is 40.5 Å². The Morgan fingerprint density at radius 3 is 2.09 bits per heavy atom. The second kappa shape index (κ2) is 13.0. The average Bonchev–Trinajstić information content (AvgIpc) is 2.55. The minimum Gasteiger partial charge on any atom is -0.504 e. The molecule has 0 saturated carbocycles. The molecular formula is C21H34O2. The molecule has 0 radical (unpaired) electrons. The molecule has 0 aliphatic rings. The molecule has 1 aromatic rings. The van der Waals surface area contributed by atoms with Gasteiger partial charge in [0.15, 0.2) is 11.5 Å². The van der Waals surface area contributed by atoms with E-state index in [1.54, 1.807) is 6.07 Å². The molecule has 0 heterocycles. The fourth-order valence-corrected chi connectivity index (χ4v) is 2.82. The van der Waals surface area contributed by atoms with Gasteiger partial charge >= 0.3 is 0 Å². The summed E-state index contributed by atoms with van der Waals surface area (Å²) in [6, 6.07) is 5.21. The standard InChI is InChI=1S/C21H34O2/c1-2-3-4-5-6-7-8-9-10-11-12-13-14-16-19-17-15-18-20(22)21(19)23/h4-5,15,17-18,22-23H,2-3,6-14,16H2,1H3. The number of allylic oxidation sites excluding steroid dienone is 2. The van der Waals surface area contributed by atoms with Crippen LogP contribution < -0.4 is 0 Å². The van der Waals surface area contributed by atoms with Crippen molar-refractivity contribution in [3.63, 3.8) is 0 Å². The van der Waals surface area contributed by atoms with Crippen LogP contribution in [0.2, 0.25) is 0 Å². The lowest BCUT2D eigenvalue weighted by Crippen LogP contribution is -1.87. The highest BCUT2D eigenvalue weighted by molar-refractivity contribution is 5.44. The Balaban J connectivity index is 1.91. The second-order valence-corrected chi connectivity index (χ2v) is 6.41. The van der Waals surface area contributed by atoms with Gasteiger partial charge in [0.05, 0.1) is 0 Å². The number of rotatable bonds is 13. The number of aryl methyl sites for hydroxylation is 1. The summed E-state index contributed by atoms with van der Waals surface area (Å²) in [5.74, 6) is 0.0486. The van der Waals surface area contributed by atoms with Crippen LogP contribution in [-0.4, -0.2) is 10.2 Å². The van der Waals surface area contributed by atoms with Crippen molar-refractivity contribution in [1.29, 1.82) is 0 Å². The first kappa shape index (κ1) is 19.6. The Bertz CT molecular complexity index is 437. The molecule has 0 amide bonds. The monoisotopic (exact) mass is 318 g/mol. The zero-order valence-electron chi connectivity index (χ0n) is 14.8. The number of aromatic hydroxyl groups is 2. The lowest BCUT2D eigenvalue weighted by atomic mass is 10.0. The van der Waals surface area contributed by atoms with Gasteiger partial charge in [0, 0.05) is 0 Å². The zero-order chi connectivity index (χ0) is 16.8. The lowest BCUT2D eigenvalue weighted by Gasteiger charge is -2.06. The fraction of sp³-hybridized carbons (Fsp3) is 0.619. The van der Waals surface area contributed by atoms with Gasteiger partial charge in [-0.1, -0.05) is 76.2 Å². The molecule has 0 unspecified atom stereocenters. The maximum Gasteiger partial charge on any atom is 0.160 e. The number of hydrogen-bond donors (Lipinski definition) is 2. The highest BCUT2D eigenvalue weighted by Gasteiger charge is 2.04. The highest BCUT2D eigenvalue weighted by atomic mass is 16.3. The number of para-hydroxylation sites is 1. The molecule has 0 aromatic heterocycles. The molecule has 0 bridgehead atoms. The molecule has 130 valence electrons. The molecule has 2 heteroatoms. The quantitative estimate of drug-likeness (QED) is 0.247. The summed E-state index contributed by atoms with van der Waals surface area (Å²) < 4.78 is 0. The number of benzene rings is 1. The predicted molar refractivity (Wildman–Crippen MR) is 99.1 cm³/mol. The van der Waals surface area contributed by atoms with E-state index in [2.05, 4.69) is 19.1 Å². The van der Waals surface area contributed by atoms with Crippen LogP contribution in [0.5, 0.6) is 11.5 Å². The molecule has 1 aromatic carbocycles. The second-order valence-electron chi connectivity index (χ2n) is 6.41. The van der Waals surface area contributed by atoms with Crippen molar-refractivity contribution >= 4 is 0 Å². The SMILES string of the molecule is CCCC=CCCCCCCCCCCc1cccc(O)c1O. The molecule has 0 fully saturated rings. The van der Waals surface area contributed by atoms with E-state index in [9.17, 15) is 10.2 Å². The first-order chi connectivity index (χ1) is 11.3. The number of hydrogen-bond acceptors (Lipinski definition) is 2. The predicted octanol–water partition coefficient (Wildman–Crippen LogP) is 6.51. The Morgan fingerprint density at radius 1 is 0.783 bits per heavy atom. The van der Waals surface area contributed by atoms with Crippen molar-refractivity contribution in [1.82, 2.24) is 0 Å². The van der Waals surface area contributed by atoms with Crippen molar-refractivity contribution in [3.05, 3.63) is 35.9 Å². The molecule has 2 N–H and O–H groups in total. The van der Waals surface area contributed by atoms with Crippen LogP contribution in [0, 0.1) is 0 Å². The van der Waals surface area contributed by atoms with Crippen LogP contribution in [-0.2, 0) is 6.42 Å². The maximum atomic E-state index is 9.73. The zero-order valence-corrected chi connectivity index (χ0v) is 14.8. The van der Waals surface area contributed by atoms with Crippen molar-refractivity contribution in [2.75, 3.05) is 0 Å². The lowest BCUT2D eigenvalue weighted by molar-refractivity contribution is 0.398. The van der Waals surface area contributed by atoms with E-state index in [4.69, 9.17) is 0 Å². The summed E-state index contributed by atoms with van der Waals surface area (Å²) in [4.78, 5) is 0. The maximum absolute atomic E-state index is 9.73. The Labute approximate surface area is 142 Å². The molecule has 0 aliphatic heterocycles. The molecule has 2 nitrogen and oxygen atoms in total. The molecule has 0 aliphatic carbocycles. The van der Waals surface area contributed by atoms with Crippen LogP contribution in [0.25, 0.3) is 0 Å².